The first-order chi connectivity index (χ1) is 11.6. The number of hydrogen-bond acceptors (Lipinski definition) is 5. The van der Waals surface area contributed by atoms with Crippen molar-refractivity contribution in [2.45, 2.75) is 19.9 Å². The second-order valence-electron chi connectivity index (χ2n) is 5.75. The van der Waals surface area contributed by atoms with Crippen LogP contribution in [0.2, 0.25) is 0 Å². The minimum atomic E-state index is -0.365. The maximum Gasteiger partial charge on any atom is 0.252 e. The zero-order valence-electron chi connectivity index (χ0n) is 13.5. The van der Waals surface area contributed by atoms with Crippen LogP contribution in [-0.2, 0) is 0 Å². The zero-order valence-corrected chi connectivity index (χ0v) is 13.5. The van der Waals surface area contributed by atoms with Crippen LogP contribution in [0, 0.1) is 5.92 Å². The number of amides is 1. The fourth-order valence-corrected chi connectivity index (χ4v) is 2.31. The Morgan fingerprint density at radius 1 is 1.08 bits per heavy atom. The second kappa shape index (κ2) is 7.04. The average molecular weight is 322 g/mol. The summed E-state index contributed by atoms with van der Waals surface area (Å²) in [6.07, 6.45) is 3.17. The molecule has 0 aliphatic carbocycles. The highest BCUT2D eigenvalue weighted by atomic mass is 16.5. The van der Waals surface area contributed by atoms with Gasteiger partial charge in [-0.15, -0.1) is 0 Å². The van der Waals surface area contributed by atoms with E-state index in [0.29, 0.717) is 17.3 Å². The van der Waals surface area contributed by atoms with E-state index in [0.717, 1.165) is 5.56 Å². The molecule has 1 N–H and O–H groups in total. The molecule has 1 amide bonds. The molecule has 6 nitrogen and oxygen atoms in total. The summed E-state index contributed by atoms with van der Waals surface area (Å²) in [6, 6.07) is 12.5. The Morgan fingerprint density at radius 2 is 1.79 bits per heavy atom. The number of hydrogen-bond donors (Lipinski definition) is 1. The fraction of sp³-hybridized carbons (Fsp3) is 0.222. The highest BCUT2D eigenvalue weighted by molar-refractivity contribution is 5.94. The Bertz CT molecular complexity index is 800. The molecule has 3 aromatic rings. The molecule has 0 radical (unpaired) electrons. The van der Waals surface area contributed by atoms with Gasteiger partial charge in [0.2, 0.25) is 11.7 Å². The quantitative estimate of drug-likeness (QED) is 0.780. The maximum absolute atomic E-state index is 12.4. The van der Waals surface area contributed by atoms with Crippen LogP contribution < -0.4 is 5.32 Å². The molecule has 0 fully saturated rings. The predicted molar refractivity (Wildman–Crippen MR) is 89.0 cm³/mol. The normalized spacial score (nSPS) is 12.1. The lowest BCUT2D eigenvalue weighted by atomic mass is 10.0. The Morgan fingerprint density at radius 3 is 2.46 bits per heavy atom. The lowest BCUT2D eigenvalue weighted by molar-refractivity contribution is 0.0914. The van der Waals surface area contributed by atoms with Crippen molar-refractivity contribution in [3.8, 4) is 11.4 Å². The molecule has 0 aliphatic rings. The molecule has 0 saturated carbocycles. The molecule has 6 heteroatoms. The van der Waals surface area contributed by atoms with Gasteiger partial charge in [-0.1, -0.05) is 49.3 Å². The Labute approximate surface area is 139 Å². The van der Waals surface area contributed by atoms with Gasteiger partial charge in [-0.3, -0.25) is 9.78 Å². The van der Waals surface area contributed by atoms with Gasteiger partial charge in [0.05, 0.1) is 0 Å². The van der Waals surface area contributed by atoms with Gasteiger partial charge in [0.15, 0.2) is 0 Å². The van der Waals surface area contributed by atoms with Crippen molar-refractivity contribution in [3.05, 3.63) is 66.3 Å². The van der Waals surface area contributed by atoms with Crippen LogP contribution in [0.5, 0.6) is 0 Å². The van der Waals surface area contributed by atoms with E-state index in [2.05, 4.69) is 20.4 Å². The van der Waals surface area contributed by atoms with Gasteiger partial charge >= 0.3 is 0 Å². The molecular formula is C18H18N4O2. The summed E-state index contributed by atoms with van der Waals surface area (Å²) in [6.45, 7) is 3.98. The molecule has 0 saturated heterocycles. The molecule has 3 rings (SSSR count). The zero-order chi connectivity index (χ0) is 16.9. The Hall–Kier alpha value is -3.02. The standard InChI is InChI=1S/C18H18N4O2/c1-12(2)15(20-17(23)14-8-10-19-11-9-14)18-21-16(22-24-18)13-6-4-3-5-7-13/h3-12,15H,1-2H3,(H,20,23). The third kappa shape index (κ3) is 3.48. The van der Waals surface area contributed by atoms with Crippen molar-refractivity contribution in [1.82, 2.24) is 20.4 Å². The van der Waals surface area contributed by atoms with Crippen molar-refractivity contribution < 1.29 is 9.32 Å². The van der Waals surface area contributed by atoms with Crippen LogP contribution in [-0.4, -0.2) is 21.0 Å². The molecule has 1 atom stereocenters. The topological polar surface area (TPSA) is 80.9 Å². The SMILES string of the molecule is CC(C)C(NC(=O)c1ccncc1)c1nc(-c2ccccc2)no1. The highest BCUT2D eigenvalue weighted by Crippen LogP contribution is 2.23. The van der Waals surface area contributed by atoms with Crippen molar-refractivity contribution in [2.75, 3.05) is 0 Å². The van der Waals surface area contributed by atoms with E-state index < -0.39 is 0 Å². The Balaban J connectivity index is 1.82. The predicted octanol–water partition coefficient (Wildman–Crippen LogP) is 3.26. The van der Waals surface area contributed by atoms with Crippen LogP contribution in [0.15, 0.2) is 59.4 Å². The number of benzene rings is 1. The van der Waals surface area contributed by atoms with Crippen LogP contribution in [0.3, 0.4) is 0 Å². The van der Waals surface area contributed by atoms with Crippen LogP contribution in [0.1, 0.15) is 36.1 Å². The monoisotopic (exact) mass is 322 g/mol. The molecule has 1 unspecified atom stereocenters. The number of nitrogens with zero attached hydrogens (tertiary/aromatic N) is 3. The first-order valence-corrected chi connectivity index (χ1v) is 7.75. The molecule has 122 valence electrons. The van der Waals surface area contributed by atoms with Crippen molar-refractivity contribution in [3.63, 3.8) is 0 Å². The van der Waals surface area contributed by atoms with Gasteiger partial charge in [-0.05, 0) is 18.1 Å². The third-order valence-corrected chi connectivity index (χ3v) is 3.64. The lowest BCUT2D eigenvalue weighted by Crippen LogP contribution is -2.32. The molecule has 2 aromatic heterocycles. The van der Waals surface area contributed by atoms with Crippen molar-refractivity contribution >= 4 is 5.91 Å². The van der Waals surface area contributed by atoms with E-state index in [4.69, 9.17) is 4.52 Å². The summed E-state index contributed by atoms with van der Waals surface area (Å²) in [5.74, 6) is 0.802. The minimum absolute atomic E-state index is 0.0971. The summed E-state index contributed by atoms with van der Waals surface area (Å²) >= 11 is 0. The molecular weight excluding hydrogens is 304 g/mol. The summed E-state index contributed by atoms with van der Waals surface area (Å²) in [4.78, 5) is 20.7. The molecule has 1 aromatic carbocycles. The van der Waals surface area contributed by atoms with Gasteiger partial charge in [0, 0.05) is 23.5 Å². The summed E-state index contributed by atoms with van der Waals surface area (Å²) in [7, 11) is 0. The van der Waals surface area contributed by atoms with Gasteiger partial charge in [-0.2, -0.15) is 4.98 Å². The van der Waals surface area contributed by atoms with Gasteiger partial charge < -0.3 is 9.84 Å². The van der Waals surface area contributed by atoms with Crippen molar-refractivity contribution in [2.24, 2.45) is 5.92 Å². The second-order valence-corrected chi connectivity index (χ2v) is 5.75. The largest absolute Gasteiger partial charge is 0.340 e. The first kappa shape index (κ1) is 15.9. The number of pyridine rings is 1. The van der Waals surface area contributed by atoms with Crippen LogP contribution in [0.4, 0.5) is 0 Å². The minimum Gasteiger partial charge on any atom is -0.340 e. The maximum atomic E-state index is 12.4. The summed E-state index contributed by atoms with van der Waals surface area (Å²) < 4.78 is 5.39. The smallest absolute Gasteiger partial charge is 0.252 e. The first-order valence-electron chi connectivity index (χ1n) is 7.75. The summed E-state index contributed by atoms with van der Waals surface area (Å²) in [5.41, 5.74) is 1.41. The van der Waals surface area contributed by atoms with Gasteiger partial charge in [0.25, 0.3) is 5.91 Å². The summed E-state index contributed by atoms with van der Waals surface area (Å²) in [5, 5.41) is 6.97. The third-order valence-electron chi connectivity index (χ3n) is 3.64. The number of carbonyl (C=O) groups excluding carboxylic acids is 1. The number of carbonyl (C=O) groups is 1. The highest BCUT2D eigenvalue weighted by Gasteiger charge is 2.25. The number of rotatable bonds is 5. The molecule has 0 bridgehead atoms. The van der Waals surface area contributed by atoms with E-state index in [-0.39, 0.29) is 17.9 Å². The number of nitrogens with one attached hydrogen (secondary N) is 1. The molecule has 2 heterocycles. The van der Waals surface area contributed by atoms with Crippen LogP contribution >= 0.6 is 0 Å². The van der Waals surface area contributed by atoms with Crippen LogP contribution in [0.25, 0.3) is 11.4 Å². The van der Waals surface area contributed by atoms with E-state index in [1.54, 1.807) is 24.5 Å². The molecule has 24 heavy (non-hydrogen) atoms. The van der Waals surface area contributed by atoms with Gasteiger partial charge in [0.1, 0.15) is 6.04 Å². The molecule has 0 aliphatic heterocycles. The van der Waals surface area contributed by atoms with E-state index in [1.807, 2.05) is 44.2 Å². The Kier molecular flexibility index (Phi) is 4.65. The number of aromatic nitrogens is 3. The lowest BCUT2D eigenvalue weighted by Gasteiger charge is -2.18. The van der Waals surface area contributed by atoms with E-state index >= 15 is 0 Å². The average Bonchev–Trinajstić information content (AvgIpc) is 3.10. The van der Waals surface area contributed by atoms with Crippen molar-refractivity contribution in [1.29, 1.82) is 0 Å². The van der Waals surface area contributed by atoms with E-state index in [1.165, 1.54) is 0 Å². The van der Waals surface area contributed by atoms with Gasteiger partial charge in [-0.25, -0.2) is 0 Å². The molecule has 0 spiro atoms. The fourth-order valence-electron chi connectivity index (χ4n) is 2.31. The van der Waals surface area contributed by atoms with E-state index in [9.17, 15) is 4.79 Å².